The molecule has 1 aromatic carbocycles. The van der Waals surface area contributed by atoms with Gasteiger partial charge < -0.3 is 20.8 Å². The standard InChI is InChI=1S/C18H25N5O2/c1-11-5-3-4-6-14(19)17-20-10-16(23-17)13-8-7-12(9-15(13)21-11)22-18(24)25-2/h7-11,14,21H,3-6,19H2,1-2H3,(H,20,23)(H,22,24)/t11?,14-/m0/s1. The molecule has 0 spiro atoms. The summed E-state index contributed by atoms with van der Waals surface area (Å²) in [7, 11) is 1.35. The summed E-state index contributed by atoms with van der Waals surface area (Å²) in [6, 6.07) is 5.92. The van der Waals surface area contributed by atoms with Crippen LogP contribution in [0.5, 0.6) is 0 Å². The molecule has 2 bridgehead atoms. The maximum atomic E-state index is 11.5. The van der Waals surface area contributed by atoms with Gasteiger partial charge in [0, 0.05) is 29.2 Å². The first kappa shape index (κ1) is 17.3. The third kappa shape index (κ3) is 4.11. The number of imidazole rings is 1. The van der Waals surface area contributed by atoms with E-state index in [9.17, 15) is 4.79 Å². The number of nitrogens with zero attached hydrogens (tertiary/aromatic N) is 1. The number of aromatic nitrogens is 2. The van der Waals surface area contributed by atoms with Gasteiger partial charge in [0.15, 0.2) is 0 Å². The largest absolute Gasteiger partial charge is 0.453 e. The van der Waals surface area contributed by atoms with Gasteiger partial charge in [-0.05, 0) is 38.0 Å². The second-order valence-electron chi connectivity index (χ2n) is 6.48. The average Bonchev–Trinajstić information content (AvgIpc) is 3.08. The van der Waals surface area contributed by atoms with Gasteiger partial charge >= 0.3 is 6.09 Å². The Morgan fingerprint density at radius 1 is 1.36 bits per heavy atom. The molecule has 1 unspecified atom stereocenters. The summed E-state index contributed by atoms with van der Waals surface area (Å²) in [5.74, 6) is 0.811. The highest BCUT2D eigenvalue weighted by atomic mass is 16.5. The number of H-pyrrole nitrogens is 1. The van der Waals surface area contributed by atoms with Gasteiger partial charge in [-0.25, -0.2) is 9.78 Å². The number of carbonyl (C=O) groups is 1. The summed E-state index contributed by atoms with van der Waals surface area (Å²) < 4.78 is 4.66. The lowest BCUT2D eigenvalue weighted by Crippen LogP contribution is -2.18. The van der Waals surface area contributed by atoms with Gasteiger partial charge in [-0.2, -0.15) is 0 Å². The summed E-state index contributed by atoms with van der Waals surface area (Å²) in [6.07, 6.45) is 5.54. The summed E-state index contributed by atoms with van der Waals surface area (Å²) in [4.78, 5) is 19.3. The van der Waals surface area contributed by atoms with E-state index in [1.807, 2.05) is 24.4 Å². The summed E-state index contributed by atoms with van der Waals surface area (Å²) in [5, 5.41) is 6.24. The summed E-state index contributed by atoms with van der Waals surface area (Å²) in [5.41, 5.74) is 9.65. The van der Waals surface area contributed by atoms with Crippen LogP contribution in [0.2, 0.25) is 0 Å². The number of rotatable bonds is 1. The molecule has 0 saturated heterocycles. The fraction of sp³-hybridized carbons (Fsp3) is 0.444. The summed E-state index contributed by atoms with van der Waals surface area (Å²) >= 11 is 0. The van der Waals surface area contributed by atoms with Crippen molar-refractivity contribution in [3.05, 3.63) is 30.2 Å². The maximum Gasteiger partial charge on any atom is 0.411 e. The number of nitrogens with one attached hydrogen (secondary N) is 3. The number of nitrogens with two attached hydrogens (primary N) is 1. The molecule has 5 N–H and O–H groups in total. The maximum absolute atomic E-state index is 11.5. The molecule has 7 heteroatoms. The Kier molecular flexibility index (Phi) is 5.23. The van der Waals surface area contributed by atoms with E-state index < -0.39 is 6.09 Å². The van der Waals surface area contributed by atoms with Crippen molar-refractivity contribution in [3.63, 3.8) is 0 Å². The third-order valence-corrected chi connectivity index (χ3v) is 4.48. The first-order chi connectivity index (χ1) is 12.1. The van der Waals surface area contributed by atoms with Crippen molar-refractivity contribution in [2.75, 3.05) is 17.7 Å². The molecule has 134 valence electrons. The molecule has 7 nitrogen and oxygen atoms in total. The lowest BCUT2D eigenvalue weighted by molar-refractivity contribution is 0.187. The van der Waals surface area contributed by atoms with Crippen LogP contribution in [0.1, 0.15) is 44.5 Å². The van der Waals surface area contributed by atoms with Crippen molar-refractivity contribution in [3.8, 4) is 11.3 Å². The minimum absolute atomic E-state index is 0.0693. The minimum Gasteiger partial charge on any atom is -0.453 e. The minimum atomic E-state index is -0.491. The quantitative estimate of drug-likeness (QED) is 0.633. The van der Waals surface area contributed by atoms with Crippen molar-refractivity contribution < 1.29 is 9.53 Å². The molecule has 3 rings (SSSR count). The topological polar surface area (TPSA) is 105 Å². The van der Waals surface area contributed by atoms with Crippen molar-refractivity contribution in [1.29, 1.82) is 0 Å². The number of hydrogen-bond donors (Lipinski definition) is 4. The van der Waals surface area contributed by atoms with Crippen molar-refractivity contribution in [2.45, 2.75) is 44.7 Å². The Bertz CT molecular complexity index is 743. The Balaban J connectivity index is 1.99. The zero-order chi connectivity index (χ0) is 17.8. The van der Waals surface area contributed by atoms with Crippen LogP contribution < -0.4 is 16.4 Å². The first-order valence-electron chi connectivity index (χ1n) is 8.63. The lowest BCUT2D eigenvalue weighted by atomic mass is 10.0. The molecule has 2 heterocycles. The highest BCUT2D eigenvalue weighted by Crippen LogP contribution is 2.32. The van der Waals surface area contributed by atoms with Gasteiger partial charge in [-0.1, -0.05) is 12.8 Å². The monoisotopic (exact) mass is 343 g/mol. The van der Waals surface area contributed by atoms with Gasteiger partial charge in [0.25, 0.3) is 0 Å². The molecule has 25 heavy (non-hydrogen) atoms. The van der Waals surface area contributed by atoms with E-state index in [1.54, 1.807) is 0 Å². The third-order valence-electron chi connectivity index (χ3n) is 4.48. The SMILES string of the molecule is COC(=O)Nc1ccc2c(c1)NC(C)CCCC[C@H](N)c1nc-2c[nH]1. The molecule has 0 fully saturated rings. The van der Waals surface area contributed by atoms with Crippen LogP contribution in [-0.2, 0) is 4.74 Å². The zero-order valence-electron chi connectivity index (χ0n) is 14.6. The fourth-order valence-electron chi connectivity index (χ4n) is 3.09. The van der Waals surface area contributed by atoms with Gasteiger partial charge in [0.05, 0.1) is 18.8 Å². The molecule has 1 aliphatic heterocycles. The average molecular weight is 343 g/mol. The first-order valence-corrected chi connectivity index (χ1v) is 8.63. The number of amides is 1. The van der Waals surface area contributed by atoms with Crippen LogP contribution in [0, 0.1) is 0 Å². The smallest absolute Gasteiger partial charge is 0.411 e. The van der Waals surface area contributed by atoms with E-state index >= 15 is 0 Å². The molecule has 1 amide bonds. The van der Waals surface area contributed by atoms with Crippen LogP contribution in [-0.4, -0.2) is 29.2 Å². The Labute approximate surface area is 147 Å². The van der Waals surface area contributed by atoms with E-state index in [1.165, 1.54) is 7.11 Å². The zero-order valence-corrected chi connectivity index (χ0v) is 14.6. The van der Waals surface area contributed by atoms with Crippen molar-refractivity contribution >= 4 is 17.5 Å². The van der Waals surface area contributed by atoms with Gasteiger partial charge in [-0.15, -0.1) is 0 Å². The van der Waals surface area contributed by atoms with Crippen molar-refractivity contribution in [1.82, 2.24) is 9.97 Å². The summed E-state index contributed by atoms with van der Waals surface area (Å²) in [6.45, 7) is 2.16. The highest BCUT2D eigenvalue weighted by Gasteiger charge is 2.17. The molecule has 0 saturated carbocycles. The number of benzene rings is 1. The molecule has 2 aromatic rings. The second kappa shape index (κ2) is 7.57. The van der Waals surface area contributed by atoms with Gasteiger partial charge in [0.2, 0.25) is 0 Å². The van der Waals surface area contributed by atoms with Crippen LogP contribution in [0.3, 0.4) is 0 Å². The lowest BCUT2D eigenvalue weighted by Gasteiger charge is -2.19. The van der Waals surface area contributed by atoms with Crippen LogP contribution >= 0.6 is 0 Å². The number of aromatic amines is 1. The van der Waals surface area contributed by atoms with E-state index in [0.717, 1.165) is 48.5 Å². The van der Waals surface area contributed by atoms with Crippen LogP contribution in [0.4, 0.5) is 16.2 Å². The molecular weight excluding hydrogens is 318 g/mol. The van der Waals surface area contributed by atoms with E-state index in [2.05, 4.69) is 32.3 Å². The van der Waals surface area contributed by atoms with E-state index in [0.29, 0.717) is 11.7 Å². The number of ether oxygens (including phenoxy) is 1. The van der Waals surface area contributed by atoms with Crippen LogP contribution in [0.25, 0.3) is 11.3 Å². The van der Waals surface area contributed by atoms with Crippen molar-refractivity contribution in [2.24, 2.45) is 5.73 Å². The molecular formula is C18H25N5O2. The second-order valence-corrected chi connectivity index (χ2v) is 6.48. The van der Waals surface area contributed by atoms with E-state index in [4.69, 9.17) is 5.73 Å². The Hall–Kier alpha value is -2.54. The normalized spacial score (nSPS) is 20.4. The highest BCUT2D eigenvalue weighted by molar-refractivity contribution is 5.88. The van der Waals surface area contributed by atoms with Gasteiger partial charge in [0.1, 0.15) is 5.82 Å². The number of methoxy groups -OCH3 is 1. The Morgan fingerprint density at radius 3 is 2.96 bits per heavy atom. The molecule has 1 aromatic heterocycles. The number of fused-ring (bicyclic) bond motifs is 4. The number of carbonyl (C=O) groups excluding carboxylic acids is 1. The predicted molar refractivity (Wildman–Crippen MR) is 98.5 cm³/mol. The molecule has 0 aliphatic carbocycles. The van der Waals surface area contributed by atoms with Crippen LogP contribution in [0.15, 0.2) is 24.4 Å². The Morgan fingerprint density at radius 2 is 2.16 bits per heavy atom. The fourth-order valence-corrected chi connectivity index (χ4v) is 3.09. The predicted octanol–water partition coefficient (Wildman–Crippen LogP) is 3.63. The van der Waals surface area contributed by atoms with E-state index in [-0.39, 0.29) is 6.04 Å². The number of anilines is 2. The van der Waals surface area contributed by atoms with Gasteiger partial charge in [-0.3, -0.25) is 5.32 Å². The number of hydrogen-bond acceptors (Lipinski definition) is 5. The molecule has 2 atom stereocenters. The molecule has 0 radical (unpaired) electrons. The molecule has 1 aliphatic rings.